The lowest BCUT2D eigenvalue weighted by molar-refractivity contribution is 0.579. The molecule has 9 heteroatoms. The molecule has 0 aliphatic heterocycles. The first-order valence-corrected chi connectivity index (χ1v) is 9.04. The summed E-state index contributed by atoms with van der Waals surface area (Å²) in [4.78, 5) is 36.7. The van der Waals surface area contributed by atoms with Gasteiger partial charge in [-0.1, -0.05) is 11.6 Å². The maximum Gasteiger partial charge on any atom is 0.269 e. The molecule has 0 amide bonds. The Hall–Kier alpha value is -3.26. The number of aryl methyl sites for hydroxylation is 1. The molecule has 0 aliphatic carbocycles. The summed E-state index contributed by atoms with van der Waals surface area (Å²) in [6.07, 6.45) is 5.00. The molecule has 4 heterocycles. The fraction of sp³-hybridized carbons (Fsp3) is 0.211. The zero-order valence-corrected chi connectivity index (χ0v) is 16.2. The van der Waals surface area contributed by atoms with Crippen LogP contribution in [0.3, 0.4) is 0 Å². The number of H-pyrrole nitrogens is 1. The Bertz CT molecular complexity index is 1320. The van der Waals surface area contributed by atoms with Crippen molar-refractivity contribution in [1.82, 2.24) is 29.3 Å². The summed E-state index contributed by atoms with van der Waals surface area (Å²) in [5.41, 5.74) is 2.12. The number of nitrogens with zero attached hydrogens (tertiary/aromatic N) is 5. The van der Waals surface area contributed by atoms with Gasteiger partial charge in [-0.2, -0.15) is 5.10 Å². The summed E-state index contributed by atoms with van der Waals surface area (Å²) in [6, 6.07) is 4.64. The second kappa shape index (κ2) is 6.72. The fourth-order valence-corrected chi connectivity index (χ4v) is 3.20. The molecule has 0 spiro atoms. The van der Waals surface area contributed by atoms with Gasteiger partial charge in [0.05, 0.1) is 0 Å². The van der Waals surface area contributed by atoms with E-state index in [0.717, 1.165) is 0 Å². The van der Waals surface area contributed by atoms with E-state index in [-0.39, 0.29) is 27.6 Å². The van der Waals surface area contributed by atoms with E-state index in [1.54, 1.807) is 36.3 Å². The molecule has 1 N–H and O–H groups in total. The monoisotopic (exact) mass is 396 g/mol. The Kier molecular flexibility index (Phi) is 4.35. The number of aromatic amines is 1. The molecule has 0 radical (unpaired) electrons. The van der Waals surface area contributed by atoms with Gasteiger partial charge in [-0.3, -0.25) is 14.3 Å². The van der Waals surface area contributed by atoms with Crippen molar-refractivity contribution in [3.8, 4) is 22.6 Å². The average molecular weight is 397 g/mol. The third-order valence-electron chi connectivity index (χ3n) is 4.37. The number of halogens is 1. The number of nitrogens with one attached hydrogen (secondary N) is 1. The van der Waals surface area contributed by atoms with Gasteiger partial charge < -0.3 is 9.55 Å². The standard InChI is InChI=1S/C19H17ClN6O2/c1-10(2)26-9-11(8-12(20)19(26)28)15-16(13-5-7-25(3)24-13)23-18-17(22-15)14(27)4-6-21-18/h4-10H,1-3H3,(H,21,23,27). The molecular weight excluding hydrogens is 380 g/mol. The molecular formula is C19H17ClN6O2. The van der Waals surface area contributed by atoms with Crippen molar-refractivity contribution < 1.29 is 0 Å². The normalized spacial score (nSPS) is 11.5. The van der Waals surface area contributed by atoms with Gasteiger partial charge in [-0.05, 0) is 26.0 Å². The Morgan fingerprint density at radius 2 is 1.93 bits per heavy atom. The van der Waals surface area contributed by atoms with Gasteiger partial charge >= 0.3 is 0 Å². The van der Waals surface area contributed by atoms with Crippen LogP contribution in [0.1, 0.15) is 19.9 Å². The van der Waals surface area contributed by atoms with Crippen LogP contribution >= 0.6 is 11.6 Å². The van der Waals surface area contributed by atoms with Crippen LogP contribution in [0.25, 0.3) is 33.8 Å². The summed E-state index contributed by atoms with van der Waals surface area (Å²) >= 11 is 6.20. The number of fused-ring (bicyclic) bond motifs is 1. The molecule has 0 aliphatic rings. The molecule has 0 saturated carbocycles. The molecule has 4 rings (SSSR count). The van der Waals surface area contributed by atoms with Crippen LogP contribution in [-0.4, -0.2) is 29.3 Å². The zero-order valence-electron chi connectivity index (χ0n) is 15.5. The minimum atomic E-state index is -0.286. The van der Waals surface area contributed by atoms with E-state index >= 15 is 0 Å². The third kappa shape index (κ3) is 3.01. The summed E-state index contributed by atoms with van der Waals surface area (Å²) < 4.78 is 3.18. The summed E-state index contributed by atoms with van der Waals surface area (Å²) in [5.74, 6) is 0. The highest BCUT2D eigenvalue weighted by Crippen LogP contribution is 2.30. The maximum atomic E-state index is 12.3. The van der Waals surface area contributed by atoms with Crippen molar-refractivity contribution in [1.29, 1.82) is 0 Å². The highest BCUT2D eigenvalue weighted by Gasteiger charge is 2.19. The second-order valence-corrected chi connectivity index (χ2v) is 7.12. The minimum absolute atomic E-state index is 0.0713. The number of hydrogen-bond donors (Lipinski definition) is 1. The van der Waals surface area contributed by atoms with E-state index in [0.29, 0.717) is 28.3 Å². The first-order valence-electron chi connectivity index (χ1n) is 8.66. The Labute approximate surface area is 164 Å². The van der Waals surface area contributed by atoms with E-state index in [4.69, 9.17) is 11.6 Å². The number of pyridine rings is 2. The Balaban J connectivity index is 2.09. The van der Waals surface area contributed by atoms with Gasteiger partial charge in [0.2, 0.25) is 5.43 Å². The second-order valence-electron chi connectivity index (χ2n) is 6.72. The van der Waals surface area contributed by atoms with Crippen LogP contribution in [0.4, 0.5) is 0 Å². The zero-order chi connectivity index (χ0) is 20.0. The van der Waals surface area contributed by atoms with E-state index in [1.807, 2.05) is 13.8 Å². The lowest BCUT2D eigenvalue weighted by Gasteiger charge is -2.14. The molecule has 0 unspecified atom stereocenters. The van der Waals surface area contributed by atoms with Crippen molar-refractivity contribution >= 4 is 22.8 Å². The van der Waals surface area contributed by atoms with Crippen molar-refractivity contribution in [3.63, 3.8) is 0 Å². The van der Waals surface area contributed by atoms with Gasteiger partial charge in [0.1, 0.15) is 22.1 Å². The van der Waals surface area contributed by atoms with Crippen molar-refractivity contribution in [2.75, 3.05) is 0 Å². The number of hydrogen-bond acceptors (Lipinski definition) is 5. The molecule has 28 heavy (non-hydrogen) atoms. The van der Waals surface area contributed by atoms with Crippen LogP contribution in [0.2, 0.25) is 5.02 Å². The smallest absolute Gasteiger partial charge is 0.269 e. The third-order valence-corrected chi connectivity index (χ3v) is 4.64. The van der Waals surface area contributed by atoms with Gasteiger partial charge in [0, 0.05) is 43.3 Å². The number of rotatable bonds is 3. The van der Waals surface area contributed by atoms with Crippen LogP contribution in [0.15, 0.2) is 46.4 Å². The lowest BCUT2D eigenvalue weighted by Crippen LogP contribution is -2.22. The predicted octanol–water partition coefficient (Wildman–Crippen LogP) is 2.78. The molecule has 0 fully saturated rings. The highest BCUT2D eigenvalue weighted by atomic mass is 35.5. The molecule has 142 valence electrons. The van der Waals surface area contributed by atoms with E-state index < -0.39 is 0 Å². The Morgan fingerprint density at radius 1 is 1.14 bits per heavy atom. The maximum absolute atomic E-state index is 12.3. The molecule has 0 atom stereocenters. The molecule has 0 aromatic carbocycles. The predicted molar refractivity (Wildman–Crippen MR) is 107 cm³/mol. The fourth-order valence-electron chi connectivity index (χ4n) is 2.98. The van der Waals surface area contributed by atoms with Crippen molar-refractivity contribution in [2.24, 2.45) is 7.05 Å². The van der Waals surface area contributed by atoms with Crippen molar-refractivity contribution in [2.45, 2.75) is 19.9 Å². The first kappa shape index (κ1) is 18.1. The van der Waals surface area contributed by atoms with E-state index in [1.165, 1.54) is 16.8 Å². The largest absolute Gasteiger partial charge is 0.345 e. The topological polar surface area (TPSA) is 98.5 Å². The molecule has 0 saturated heterocycles. The minimum Gasteiger partial charge on any atom is -0.345 e. The lowest BCUT2D eigenvalue weighted by atomic mass is 10.1. The summed E-state index contributed by atoms with van der Waals surface area (Å²) in [7, 11) is 1.80. The molecule has 0 bridgehead atoms. The van der Waals surface area contributed by atoms with Crippen molar-refractivity contribution in [3.05, 3.63) is 62.4 Å². The van der Waals surface area contributed by atoms with Crippen LogP contribution in [0, 0.1) is 0 Å². The van der Waals surface area contributed by atoms with Crippen LogP contribution in [0.5, 0.6) is 0 Å². The average Bonchev–Trinajstić information content (AvgIpc) is 3.09. The number of aromatic nitrogens is 6. The highest BCUT2D eigenvalue weighted by molar-refractivity contribution is 6.30. The van der Waals surface area contributed by atoms with Crippen LogP contribution in [-0.2, 0) is 7.05 Å². The van der Waals surface area contributed by atoms with E-state index in [9.17, 15) is 9.59 Å². The summed E-state index contributed by atoms with van der Waals surface area (Å²) in [6.45, 7) is 3.77. The SMILES string of the molecule is CC(C)n1cc(-c2nc3c(=O)cc[nH]c3nc2-c2ccn(C)n2)cc(Cl)c1=O. The van der Waals surface area contributed by atoms with Gasteiger partial charge in [0.15, 0.2) is 11.2 Å². The Morgan fingerprint density at radius 3 is 2.61 bits per heavy atom. The van der Waals surface area contributed by atoms with Gasteiger partial charge in [-0.25, -0.2) is 9.97 Å². The summed E-state index contributed by atoms with van der Waals surface area (Å²) in [5, 5.41) is 4.49. The van der Waals surface area contributed by atoms with Crippen LogP contribution < -0.4 is 11.0 Å². The van der Waals surface area contributed by atoms with Gasteiger partial charge in [-0.15, -0.1) is 0 Å². The molecule has 4 aromatic rings. The van der Waals surface area contributed by atoms with E-state index in [2.05, 4.69) is 20.1 Å². The quantitative estimate of drug-likeness (QED) is 0.574. The molecule has 8 nitrogen and oxygen atoms in total. The first-order chi connectivity index (χ1) is 13.3. The molecule has 4 aromatic heterocycles. The van der Waals surface area contributed by atoms with Gasteiger partial charge in [0.25, 0.3) is 5.56 Å².